The van der Waals surface area contributed by atoms with Crippen LogP contribution in [0.15, 0.2) is 24.6 Å². The molecule has 1 saturated heterocycles. The number of allylic oxidation sites excluding steroid dienone is 2. The second-order valence-electron chi connectivity index (χ2n) is 11.5. The van der Waals surface area contributed by atoms with Crippen LogP contribution in [0.3, 0.4) is 0 Å². The summed E-state index contributed by atoms with van der Waals surface area (Å²) >= 11 is 0. The van der Waals surface area contributed by atoms with Crippen molar-refractivity contribution in [2.75, 3.05) is 7.11 Å². The molecule has 3 aromatic heterocycles. The quantitative estimate of drug-likeness (QED) is 0.253. The summed E-state index contributed by atoms with van der Waals surface area (Å²) in [4.78, 5) is 53.6. The molecule has 9 nitrogen and oxygen atoms in total. The van der Waals surface area contributed by atoms with Gasteiger partial charge in [0.2, 0.25) is 0 Å². The predicted molar refractivity (Wildman–Crippen MR) is 173 cm³/mol. The number of esters is 1. The molecule has 3 atom stereocenters. The molecule has 1 N–H and O–H groups in total. The summed E-state index contributed by atoms with van der Waals surface area (Å²) in [5, 5.41) is 16.0. The second kappa shape index (κ2) is 11.9. The van der Waals surface area contributed by atoms with Crippen LogP contribution in [0.25, 0.3) is 41.3 Å². The number of methoxy groups -OCH3 is 1. The number of rotatable bonds is 6. The summed E-state index contributed by atoms with van der Waals surface area (Å²) < 4.78 is 5.10. The van der Waals surface area contributed by atoms with Gasteiger partial charge in [0.05, 0.1) is 7.11 Å². The summed E-state index contributed by atoms with van der Waals surface area (Å²) in [7, 11) is 1.24. The molecule has 1 aliphatic carbocycles. The van der Waals surface area contributed by atoms with Crippen molar-refractivity contribution in [3.05, 3.63) is 96.7 Å². The first-order valence-corrected chi connectivity index (χ1v) is 14.5. The number of hydrogen-bond donors (Lipinski definition) is 1. The van der Waals surface area contributed by atoms with Gasteiger partial charge in [-0.2, -0.15) is 11.4 Å². The monoisotopic (exact) mass is 612 g/mol. The predicted octanol–water partition coefficient (Wildman–Crippen LogP) is 3.60. The van der Waals surface area contributed by atoms with E-state index in [2.05, 4.69) is 13.2 Å². The van der Waals surface area contributed by atoms with Crippen molar-refractivity contribution in [3.63, 3.8) is 0 Å². The first kappa shape index (κ1) is 32.1. The topological polar surface area (TPSA) is 137 Å². The summed E-state index contributed by atoms with van der Waals surface area (Å²) in [6.07, 6.45) is 9.34. The van der Waals surface area contributed by atoms with E-state index in [-0.39, 0.29) is 47.7 Å². The van der Waals surface area contributed by atoms with Gasteiger partial charge in [-0.05, 0) is 50.2 Å². The van der Waals surface area contributed by atoms with Gasteiger partial charge in [0, 0.05) is 12.0 Å². The van der Waals surface area contributed by atoms with Crippen molar-refractivity contribution in [3.8, 4) is 0 Å². The Balaban J connectivity index is 0.00000400. The van der Waals surface area contributed by atoms with Gasteiger partial charge in [0.15, 0.2) is 5.78 Å². The minimum absolute atomic E-state index is 0. The fraction of sp³-hybridized carbons (Fsp3) is 0.286. The van der Waals surface area contributed by atoms with Crippen LogP contribution in [0.5, 0.6) is 0 Å². The van der Waals surface area contributed by atoms with Crippen LogP contribution < -0.4 is 25.7 Å². The SMILES string of the molecule is C=Cc1c2[n-]c(c1C)/C=C1\[N-]/C(=C3\c4[n-]c(c(C)c4C(=O)[C@@H]3C(=O)OC)/C=c3\[n-]/c(c(C)c3C=C)=C\2)[C@@H](CCC(=O)O)[C@@H]1C.[Mg+2]. The van der Waals surface area contributed by atoms with E-state index >= 15 is 0 Å². The third kappa shape index (κ3) is 4.96. The Kier molecular flexibility index (Phi) is 8.50. The standard InChI is InChI=1S/C35H34N4O5.Mg/c1-8-19-15(3)22-12-24-17(5)21(10-11-28(40)41)32(38-24)30-31(35(43)44-7)34(42)29-18(6)25(39-33(29)30)14-27-20(9-2)16(4)23(37-27)13-26(19)36-22;/h8-9,12-14,17,21,31H,1-2,10-11H2,3-7H3,(H3,38,39,40,41,42);/q-2;+2/p-2/b23-13-,24-12-,27-14-;/t17-,21-,31+;/m0./s1. The molecule has 0 radical (unpaired) electrons. The molecule has 6 rings (SSSR count). The molecule has 5 heterocycles. The van der Waals surface area contributed by atoms with Crippen molar-refractivity contribution < 1.29 is 24.2 Å². The van der Waals surface area contributed by atoms with Gasteiger partial charge in [-0.1, -0.05) is 72.7 Å². The number of fused-ring (bicyclic) bond motifs is 7. The van der Waals surface area contributed by atoms with Crippen LogP contribution in [0.2, 0.25) is 0 Å². The fourth-order valence-corrected chi connectivity index (χ4v) is 6.71. The first-order chi connectivity index (χ1) is 21.0. The van der Waals surface area contributed by atoms with Gasteiger partial charge in [-0.15, -0.1) is 33.5 Å². The van der Waals surface area contributed by atoms with Gasteiger partial charge in [0.25, 0.3) is 0 Å². The maximum absolute atomic E-state index is 14.0. The largest absolute Gasteiger partial charge is 2.00 e. The first-order valence-electron chi connectivity index (χ1n) is 14.5. The Hall–Kier alpha value is -4.28. The van der Waals surface area contributed by atoms with Crippen molar-refractivity contribution in [1.82, 2.24) is 15.0 Å². The van der Waals surface area contributed by atoms with E-state index in [1.807, 2.05) is 39.0 Å². The van der Waals surface area contributed by atoms with E-state index in [1.165, 1.54) is 7.11 Å². The molecule has 8 bridgehead atoms. The van der Waals surface area contributed by atoms with Crippen molar-refractivity contribution in [1.29, 1.82) is 0 Å². The molecule has 0 unspecified atom stereocenters. The number of carbonyl (C=O) groups is 3. The molecule has 3 aliphatic rings. The maximum atomic E-state index is 14.0. The van der Waals surface area contributed by atoms with E-state index in [4.69, 9.17) is 25.0 Å². The molecular formula is C35H32MgN4O5-2. The van der Waals surface area contributed by atoms with E-state index in [0.29, 0.717) is 56.2 Å². The Morgan fingerprint density at radius 1 is 0.933 bits per heavy atom. The molecule has 2 aliphatic heterocycles. The third-order valence-corrected chi connectivity index (χ3v) is 9.18. The average Bonchev–Trinajstić information content (AvgIpc) is 3.72. The summed E-state index contributed by atoms with van der Waals surface area (Å²) in [5.41, 5.74) is 8.39. The van der Waals surface area contributed by atoms with Crippen LogP contribution in [0, 0.1) is 38.5 Å². The van der Waals surface area contributed by atoms with Crippen molar-refractivity contribution >= 4 is 76.7 Å². The molecule has 1 fully saturated rings. The minimum Gasteiger partial charge on any atom is -0.664 e. The summed E-state index contributed by atoms with van der Waals surface area (Å²) in [6, 6.07) is 0. The molecular weight excluding hydrogens is 581 g/mol. The molecule has 10 heteroatoms. The number of carboxylic acid groups (broad SMARTS) is 1. The number of nitrogens with zero attached hydrogens (tertiary/aromatic N) is 4. The molecule has 0 aromatic carbocycles. The number of aromatic nitrogens is 3. The summed E-state index contributed by atoms with van der Waals surface area (Å²) in [5.74, 6) is -3.90. The van der Waals surface area contributed by atoms with Crippen LogP contribution in [0.4, 0.5) is 0 Å². The van der Waals surface area contributed by atoms with Crippen LogP contribution >= 0.6 is 0 Å². The zero-order valence-electron chi connectivity index (χ0n) is 26.0. The van der Waals surface area contributed by atoms with Gasteiger partial charge >= 0.3 is 35.0 Å². The van der Waals surface area contributed by atoms with E-state index < -0.39 is 23.6 Å². The van der Waals surface area contributed by atoms with Gasteiger partial charge in [0.1, 0.15) is 5.92 Å². The number of hydrogen-bond acceptors (Lipinski definition) is 4. The Bertz CT molecular complexity index is 2000. The molecule has 0 spiro atoms. The molecule has 45 heavy (non-hydrogen) atoms. The van der Waals surface area contributed by atoms with Gasteiger partial charge < -0.3 is 30.1 Å². The second-order valence-corrected chi connectivity index (χ2v) is 11.5. The van der Waals surface area contributed by atoms with E-state index in [1.54, 1.807) is 19.1 Å². The van der Waals surface area contributed by atoms with Crippen molar-refractivity contribution in [2.45, 2.75) is 40.5 Å². The molecule has 3 aromatic rings. The zero-order chi connectivity index (χ0) is 31.6. The van der Waals surface area contributed by atoms with Crippen LogP contribution in [-0.2, 0) is 14.3 Å². The smallest absolute Gasteiger partial charge is 0.664 e. The Morgan fingerprint density at radius 3 is 2.24 bits per heavy atom. The Labute approximate surface area is 277 Å². The molecule has 226 valence electrons. The zero-order valence-corrected chi connectivity index (χ0v) is 27.4. The third-order valence-electron chi connectivity index (χ3n) is 9.18. The van der Waals surface area contributed by atoms with E-state index in [9.17, 15) is 19.5 Å². The average molecular weight is 613 g/mol. The van der Waals surface area contributed by atoms with Crippen LogP contribution in [0.1, 0.15) is 80.7 Å². The molecule has 0 amide bonds. The number of ether oxygens (including phenoxy) is 1. The number of ketones is 1. The van der Waals surface area contributed by atoms with Gasteiger partial charge in [-0.3, -0.25) is 14.4 Å². The number of aliphatic carboxylic acids is 1. The normalized spacial score (nSPS) is 23.9. The Morgan fingerprint density at radius 2 is 1.60 bits per heavy atom. The number of carbonyl (C=O) groups excluding carboxylic acids is 2. The number of carboxylic acids is 1. The maximum Gasteiger partial charge on any atom is 2.00 e. The van der Waals surface area contributed by atoms with Gasteiger partial charge in [-0.25, -0.2) is 0 Å². The fourth-order valence-electron chi connectivity index (χ4n) is 6.71. The van der Waals surface area contributed by atoms with E-state index in [0.717, 1.165) is 27.6 Å². The molecule has 0 saturated carbocycles. The van der Waals surface area contributed by atoms with Crippen molar-refractivity contribution in [2.24, 2.45) is 17.8 Å². The van der Waals surface area contributed by atoms with Crippen LogP contribution in [-0.4, -0.2) is 53.0 Å². The summed E-state index contributed by atoms with van der Waals surface area (Å²) in [6.45, 7) is 15.8. The number of Topliss-reactive ketones (excluding diaryl/α,β-unsaturated/α-hetero) is 1. The minimum atomic E-state index is -1.25.